The summed E-state index contributed by atoms with van der Waals surface area (Å²) in [5.74, 6) is -0.231. The molecule has 0 saturated carbocycles. The molecule has 3 rings (SSSR count). The van der Waals surface area contributed by atoms with E-state index < -0.39 is 6.04 Å². The minimum absolute atomic E-state index is 0.272. The maximum Gasteiger partial charge on any atom is 0.268 e. The number of aromatic nitrogens is 2. The van der Waals surface area contributed by atoms with Crippen LogP contribution in [0.2, 0.25) is 5.02 Å². The number of anilines is 1. The number of nitrogens with one attached hydrogen (secondary N) is 3. The topological polar surface area (TPSA) is 113 Å². The van der Waals surface area contributed by atoms with Gasteiger partial charge < -0.3 is 21.4 Å². The van der Waals surface area contributed by atoms with E-state index in [0.717, 1.165) is 22.4 Å². The Morgan fingerprint density at radius 3 is 2.60 bits per heavy atom. The summed E-state index contributed by atoms with van der Waals surface area (Å²) in [5.41, 5.74) is 9.39. The molecule has 5 N–H and O–H groups in total. The molecule has 0 bridgehead atoms. The molecule has 1 atom stereocenters. The third-order valence-corrected chi connectivity index (χ3v) is 4.88. The highest BCUT2D eigenvalue weighted by molar-refractivity contribution is 6.30. The second-order valence-electron chi connectivity index (χ2n) is 7.18. The maximum absolute atomic E-state index is 12.9. The van der Waals surface area contributed by atoms with Crippen LogP contribution in [0.15, 0.2) is 48.7 Å². The van der Waals surface area contributed by atoms with E-state index in [4.69, 9.17) is 17.3 Å². The summed E-state index contributed by atoms with van der Waals surface area (Å²) >= 11 is 6.08. The molecular weight excluding hydrogens is 402 g/mol. The van der Waals surface area contributed by atoms with E-state index in [9.17, 15) is 9.59 Å². The van der Waals surface area contributed by atoms with Gasteiger partial charge in [-0.3, -0.25) is 9.59 Å². The average molecular weight is 426 g/mol. The zero-order valence-electron chi connectivity index (χ0n) is 16.8. The Morgan fingerprint density at radius 2 is 1.97 bits per heavy atom. The van der Waals surface area contributed by atoms with E-state index in [1.165, 1.54) is 0 Å². The monoisotopic (exact) mass is 425 g/mol. The normalized spacial score (nSPS) is 11.7. The maximum atomic E-state index is 12.9. The molecular formula is C22H24ClN5O2. The molecule has 0 radical (unpaired) electrons. The summed E-state index contributed by atoms with van der Waals surface area (Å²) in [5, 5.41) is 6.26. The molecule has 0 aliphatic carbocycles. The first-order valence-electron chi connectivity index (χ1n) is 9.51. The highest BCUT2D eigenvalue weighted by Gasteiger charge is 2.23. The summed E-state index contributed by atoms with van der Waals surface area (Å²) in [6.07, 6.45) is 1.90. The number of nitrogen functional groups attached to an aromatic ring is 1. The largest absolute Gasteiger partial charge is 0.384 e. The fourth-order valence-electron chi connectivity index (χ4n) is 3.16. The van der Waals surface area contributed by atoms with Gasteiger partial charge in [0.05, 0.1) is 0 Å². The zero-order chi connectivity index (χ0) is 21.7. The standard InChI is InChI=1S/C22H24ClN5O2/c1-13-8-14(2)27-20(13)22(30)28-18(10-15-4-3-5-17(23)9-15)21(29)26-12-16-6-7-19(24)25-11-16/h3-9,11,18,27H,10,12H2,1-2H3,(H2,24,25)(H,26,29)(H,28,30)/t18-/m0/s1. The Hall–Kier alpha value is -3.32. The van der Waals surface area contributed by atoms with Crippen molar-refractivity contribution in [2.75, 3.05) is 5.73 Å². The fraction of sp³-hybridized carbons (Fsp3) is 0.227. The van der Waals surface area contributed by atoms with Crippen LogP contribution in [0.1, 0.15) is 32.9 Å². The van der Waals surface area contributed by atoms with Crippen LogP contribution >= 0.6 is 11.6 Å². The van der Waals surface area contributed by atoms with Gasteiger partial charge in [0.1, 0.15) is 17.6 Å². The van der Waals surface area contributed by atoms with Crippen molar-refractivity contribution in [3.63, 3.8) is 0 Å². The molecule has 2 amide bonds. The van der Waals surface area contributed by atoms with E-state index in [1.54, 1.807) is 30.5 Å². The van der Waals surface area contributed by atoms with Crippen LogP contribution in [-0.4, -0.2) is 27.8 Å². The number of rotatable bonds is 7. The smallest absolute Gasteiger partial charge is 0.268 e. The zero-order valence-corrected chi connectivity index (χ0v) is 17.6. The fourth-order valence-corrected chi connectivity index (χ4v) is 3.37. The number of nitrogens with zero attached hydrogens (tertiary/aromatic N) is 1. The number of carbonyl (C=O) groups is 2. The Bertz CT molecular complexity index is 1050. The van der Waals surface area contributed by atoms with Crippen LogP contribution < -0.4 is 16.4 Å². The van der Waals surface area contributed by atoms with Crippen LogP contribution in [0.3, 0.4) is 0 Å². The van der Waals surface area contributed by atoms with Crippen molar-refractivity contribution >= 4 is 29.2 Å². The van der Waals surface area contributed by atoms with Crippen molar-refractivity contribution in [2.45, 2.75) is 32.9 Å². The molecule has 7 nitrogen and oxygen atoms in total. The number of H-pyrrole nitrogens is 1. The van der Waals surface area contributed by atoms with Crippen molar-refractivity contribution in [3.05, 3.63) is 81.8 Å². The minimum atomic E-state index is -0.777. The summed E-state index contributed by atoms with van der Waals surface area (Å²) in [4.78, 5) is 32.8. The predicted octanol–water partition coefficient (Wildman–Crippen LogP) is 2.92. The number of benzene rings is 1. The summed E-state index contributed by atoms with van der Waals surface area (Å²) in [6, 6.07) is 11.8. The first-order valence-corrected chi connectivity index (χ1v) is 9.89. The molecule has 0 fully saturated rings. The number of carbonyl (C=O) groups excluding carboxylic acids is 2. The first kappa shape index (κ1) is 21.4. The second-order valence-corrected chi connectivity index (χ2v) is 7.62. The molecule has 0 unspecified atom stereocenters. The highest BCUT2D eigenvalue weighted by atomic mass is 35.5. The summed E-state index contributed by atoms with van der Waals surface area (Å²) < 4.78 is 0. The van der Waals surface area contributed by atoms with Crippen molar-refractivity contribution in [2.24, 2.45) is 0 Å². The van der Waals surface area contributed by atoms with E-state index in [0.29, 0.717) is 23.0 Å². The van der Waals surface area contributed by atoms with E-state index in [2.05, 4.69) is 20.6 Å². The van der Waals surface area contributed by atoms with E-state index >= 15 is 0 Å². The number of amides is 2. The van der Waals surface area contributed by atoms with Crippen LogP contribution in [0.5, 0.6) is 0 Å². The summed E-state index contributed by atoms with van der Waals surface area (Å²) in [6.45, 7) is 3.99. The third-order valence-electron chi connectivity index (χ3n) is 4.64. The summed E-state index contributed by atoms with van der Waals surface area (Å²) in [7, 11) is 0. The Labute approximate surface area is 180 Å². The van der Waals surface area contributed by atoms with Crippen LogP contribution in [0.4, 0.5) is 5.82 Å². The Balaban J connectivity index is 1.75. The number of pyridine rings is 1. The van der Waals surface area contributed by atoms with Gasteiger partial charge in [-0.05, 0) is 54.8 Å². The van der Waals surface area contributed by atoms with Crippen molar-refractivity contribution < 1.29 is 9.59 Å². The van der Waals surface area contributed by atoms with Gasteiger partial charge in [0.25, 0.3) is 5.91 Å². The van der Waals surface area contributed by atoms with Crippen molar-refractivity contribution in [1.82, 2.24) is 20.6 Å². The molecule has 8 heteroatoms. The molecule has 2 aromatic heterocycles. The lowest BCUT2D eigenvalue weighted by atomic mass is 10.0. The number of aryl methyl sites for hydroxylation is 2. The average Bonchev–Trinajstić information content (AvgIpc) is 3.05. The lowest BCUT2D eigenvalue weighted by Gasteiger charge is -2.19. The van der Waals surface area contributed by atoms with E-state index in [-0.39, 0.29) is 18.4 Å². The van der Waals surface area contributed by atoms with E-state index in [1.807, 2.05) is 32.0 Å². The van der Waals surface area contributed by atoms with Gasteiger partial charge in [-0.25, -0.2) is 4.98 Å². The highest BCUT2D eigenvalue weighted by Crippen LogP contribution is 2.14. The van der Waals surface area contributed by atoms with Gasteiger partial charge in [0.2, 0.25) is 5.91 Å². The number of hydrogen-bond acceptors (Lipinski definition) is 4. The molecule has 0 aliphatic heterocycles. The van der Waals surface area contributed by atoms with Gasteiger partial charge in [0, 0.05) is 29.9 Å². The molecule has 3 aromatic rings. The van der Waals surface area contributed by atoms with Gasteiger partial charge in [-0.2, -0.15) is 0 Å². The quantitative estimate of drug-likeness (QED) is 0.466. The first-order chi connectivity index (χ1) is 14.3. The molecule has 30 heavy (non-hydrogen) atoms. The lowest BCUT2D eigenvalue weighted by molar-refractivity contribution is -0.123. The SMILES string of the molecule is Cc1cc(C)c(C(=O)N[C@@H](Cc2cccc(Cl)c2)C(=O)NCc2ccc(N)nc2)[nH]1. The minimum Gasteiger partial charge on any atom is -0.384 e. The van der Waals surface area contributed by atoms with Gasteiger partial charge >= 0.3 is 0 Å². The molecule has 0 saturated heterocycles. The Morgan fingerprint density at radius 1 is 1.17 bits per heavy atom. The lowest BCUT2D eigenvalue weighted by Crippen LogP contribution is -2.48. The van der Waals surface area contributed by atoms with Crippen molar-refractivity contribution in [3.8, 4) is 0 Å². The third kappa shape index (κ3) is 5.61. The second kappa shape index (κ2) is 9.45. The van der Waals surface area contributed by atoms with Crippen molar-refractivity contribution in [1.29, 1.82) is 0 Å². The van der Waals surface area contributed by atoms with Gasteiger partial charge in [-0.15, -0.1) is 0 Å². The number of aromatic amines is 1. The number of hydrogen-bond donors (Lipinski definition) is 4. The predicted molar refractivity (Wildman–Crippen MR) is 117 cm³/mol. The van der Waals surface area contributed by atoms with Crippen LogP contribution in [-0.2, 0) is 17.8 Å². The molecule has 156 valence electrons. The number of nitrogens with two attached hydrogens (primary N) is 1. The van der Waals surface area contributed by atoms with Crippen LogP contribution in [0.25, 0.3) is 0 Å². The molecule has 1 aromatic carbocycles. The molecule has 2 heterocycles. The molecule has 0 spiro atoms. The number of halogens is 1. The van der Waals surface area contributed by atoms with Gasteiger partial charge in [-0.1, -0.05) is 29.8 Å². The molecule has 0 aliphatic rings. The Kier molecular flexibility index (Phi) is 6.74. The van der Waals surface area contributed by atoms with Gasteiger partial charge in [0.15, 0.2) is 0 Å². The van der Waals surface area contributed by atoms with Crippen LogP contribution in [0, 0.1) is 13.8 Å².